The molecule has 0 radical (unpaired) electrons. The van der Waals surface area contributed by atoms with Crippen molar-refractivity contribution in [3.05, 3.63) is 58.8 Å². The molecule has 2 fully saturated rings. The smallest absolute Gasteiger partial charge is 0.217 e. The fraction of sp³-hybridized carbons (Fsp3) is 0.464. The second-order valence-corrected chi connectivity index (χ2v) is 11.5. The molecule has 194 valence electrons. The van der Waals surface area contributed by atoms with Crippen LogP contribution in [0.4, 0.5) is 5.69 Å². The zero-order chi connectivity index (χ0) is 25.4. The van der Waals surface area contributed by atoms with E-state index in [1.165, 1.54) is 20.8 Å². The van der Waals surface area contributed by atoms with Gasteiger partial charge in [-0.25, -0.2) is 9.67 Å². The molecule has 3 aliphatic rings. The topological polar surface area (TPSA) is 75.5 Å². The SMILES string of the molecule is CC(=O)N[C@@H]1CCN(Cc2cc3nc(-n4ccc(C5C=CC=C(C)C5)n4)cc(N4CCOCC4)c3s2)C1. The lowest BCUT2D eigenvalue weighted by atomic mass is 9.93. The number of nitrogens with one attached hydrogen (secondary N) is 1. The Morgan fingerprint density at radius 1 is 1.24 bits per heavy atom. The summed E-state index contributed by atoms with van der Waals surface area (Å²) >= 11 is 1.83. The minimum absolute atomic E-state index is 0.0495. The minimum atomic E-state index is 0.0495. The van der Waals surface area contributed by atoms with Gasteiger partial charge in [0.05, 0.1) is 34.8 Å². The van der Waals surface area contributed by atoms with E-state index in [4.69, 9.17) is 14.8 Å². The summed E-state index contributed by atoms with van der Waals surface area (Å²) in [6, 6.07) is 6.79. The summed E-state index contributed by atoms with van der Waals surface area (Å²) < 4.78 is 8.79. The van der Waals surface area contributed by atoms with Crippen LogP contribution in [-0.2, 0) is 16.1 Å². The number of carbonyl (C=O) groups is 1. The maximum absolute atomic E-state index is 11.5. The lowest BCUT2D eigenvalue weighted by Crippen LogP contribution is -2.36. The zero-order valence-corrected chi connectivity index (χ0v) is 22.3. The first-order valence-corrected chi connectivity index (χ1v) is 14.0. The molecule has 0 aromatic carbocycles. The van der Waals surface area contributed by atoms with E-state index in [-0.39, 0.29) is 11.9 Å². The number of hydrogen-bond donors (Lipinski definition) is 1. The monoisotopic (exact) mass is 518 g/mol. The normalized spacial score (nSPS) is 22.5. The Bertz CT molecular complexity index is 1350. The Kier molecular flexibility index (Phi) is 6.84. The molecule has 0 bridgehead atoms. The van der Waals surface area contributed by atoms with Crippen LogP contribution < -0.4 is 10.2 Å². The van der Waals surface area contributed by atoms with Gasteiger partial charge in [-0.1, -0.05) is 23.8 Å². The molecule has 2 atom stereocenters. The molecule has 5 heterocycles. The summed E-state index contributed by atoms with van der Waals surface area (Å²) in [5.41, 5.74) is 4.69. The molecule has 3 aromatic rings. The molecule has 2 aliphatic heterocycles. The third-order valence-corrected chi connectivity index (χ3v) is 8.53. The Morgan fingerprint density at radius 2 is 2.11 bits per heavy atom. The number of aromatic nitrogens is 3. The number of ether oxygens (including phenoxy) is 1. The molecule has 1 N–H and O–H groups in total. The van der Waals surface area contributed by atoms with Gasteiger partial charge < -0.3 is 15.0 Å². The Labute approximate surface area is 221 Å². The van der Waals surface area contributed by atoms with E-state index in [0.717, 1.165) is 75.8 Å². The first-order chi connectivity index (χ1) is 18.0. The molecule has 6 rings (SSSR count). The number of rotatable bonds is 6. The molecule has 1 unspecified atom stereocenters. The standard InChI is InChI=1S/C28H34N6O2S/c1-19-4-3-5-21(14-19)24-7-9-34(31-24)27-16-26(33-10-12-36-13-11-33)28-25(30-27)15-23(37-28)18-32-8-6-22(17-32)29-20(2)35/h3-5,7,9,15-16,21-22H,6,8,10-14,17-18H2,1-2H3,(H,29,35)/t21?,22-/m1/s1. The Balaban J connectivity index is 1.30. The lowest BCUT2D eigenvalue weighted by molar-refractivity contribution is -0.119. The molecular formula is C28H34N6O2S. The van der Waals surface area contributed by atoms with Crippen molar-refractivity contribution < 1.29 is 9.53 Å². The van der Waals surface area contributed by atoms with Crippen LogP contribution in [0.1, 0.15) is 43.2 Å². The molecule has 2 saturated heterocycles. The van der Waals surface area contributed by atoms with Gasteiger partial charge in [0, 0.05) is 68.7 Å². The number of fused-ring (bicyclic) bond motifs is 1. The van der Waals surface area contributed by atoms with Crippen molar-refractivity contribution in [3.63, 3.8) is 0 Å². The van der Waals surface area contributed by atoms with E-state index in [2.05, 4.69) is 58.5 Å². The van der Waals surface area contributed by atoms with Gasteiger partial charge in [0.2, 0.25) is 5.91 Å². The van der Waals surface area contributed by atoms with E-state index in [1.54, 1.807) is 6.92 Å². The molecular weight excluding hydrogens is 484 g/mol. The minimum Gasteiger partial charge on any atom is -0.378 e. The van der Waals surface area contributed by atoms with E-state index in [9.17, 15) is 4.79 Å². The van der Waals surface area contributed by atoms with E-state index in [0.29, 0.717) is 5.92 Å². The second kappa shape index (κ2) is 10.4. The molecule has 1 amide bonds. The van der Waals surface area contributed by atoms with Crippen LogP contribution in [0.5, 0.6) is 0 Å². The second-order valence-electron chi connectivity index (χ2n) is 10.3. The fourth-order valence-corrected chi connectivity index (χ4v) is 6.76. The number of morpholine rings is 1. The lowest BCUT2D eigenvalue weighted by Gasteiger charge is -2.29. The zero-order valence-electron chi connectivity index (χ0n) is 21.5. The predicted octanol–water partition coefficient (Wildman–Crippen LogP) is 4.02. The average Bonchev–Trinajstić information content (AvgIpc) is 3.63. The van der Waals surface area contributed by atoms with Gasteiger partial charge in [0.1, 0.15) is 0 Å². The summed E-state index contributed by atoms with van der Waals surface area (Å²) in [6.45, 7) is 9.76. The number of pyridine rings is 1. The van der Waals surface area contributed by atoms with E-state index < -0.39 is 0 Å². The highest BCUT2D eigenvalue weighted by atomic mass is 32.1. The van der Waals surface area contributed by atoms with Crippen LogP contribution in [0.15, 0.2) is 48.2 Å². The van der Waals surface area contributed by atoms with Crippen molar-refractivity contribution in [2.45, 2.75) is 45.2 Å². The van der Waals surface area contributed by atoms with Crippen molar-refractivity contribution in [1.82, 2.24) is 25.0 Å². The number of thiophene rings is 1. The summed E-state index contributed by atoms with van der Waals surface area (Å²) in [7, 11) is 0. The van der Waals surface area contributed by atoms with E-state index >= 15 is 0 Å². The highest BCUT2D eigenvalue weighted by Crippen LogP contribution is 2.36. The quantitative estimate of drug-likeness (QED) is 0.531. The highest BCUT2D eigenvalue weighted by molar-refractivity contribution is 7.19. The first-order valence-electron chi connectivity index (χ1n) is 13.2. The van der Waals surface area contributed by atoms with Crippen molar-refractivity contribution >= 4 is 33.1 Å². The fourth-order valence-electron chi connectivity index (χ4n) is 5.58. The highest BCUT2D eigenvalue weighted by Gasteiger charge is 2.25. The third kappa shape index (κ3) is 5.35. The maximum atomic E-state index is 11.5. The van der Waals surface area contributed by atoms with Gasteiger partial charge in [-0.2, -0.15) is 5.10 Å². The van der Waals surface area contributed by atoms with Gasteiger partial charge in [-0.3, -0.25) is 9.69 Å². The summed E-state index contributed by atoms with van der Waals surface area (Å²) in [5.74, 6) is 1.21. The number of hydrogen-bond acceptors (Lipinski definition) is 7. The Hall–Kier alpha value is -3.01. The predicted molar refractivity (Wildman–Crippen MR) is 148 cm³/mol. The number of amides is 1. The molecule has 37 heavy (non-hydrogen) atoms. The van der Waals surface area contributed by atoms with Crippen molar-refractivity contribution in [2.24, 2.45) is 0 Å². The number of carbonyl (C=O) groups excluding carboxylic acids is 1. The van der Waals surface area contributed by atoms with Crippen LogP contribution in [0, 0.1) is 0 Å². The van der Waals surface area contributed by atoms with Gasteiger partial charge >= 0.3 is 0 Å². The van der Waals surface area contributed by atoms with Gasteiger partial charge in [-0.05, 0) is 31.9 Å². The molecule has 0 saturated carbocycles. The summed E-state index contributed by atoms with van der Waals surface area (Å²) in [6.07, 6.45) is 10.6. The van der Waals surface area contributed by atoms with Gasteiger partial charge in [-0.15, -0.1) is 11.3 Å². The Morgan fingerprint density at radius 3 is 2.92 bits per heavy atom. The number of likely N-dealkylation sites (tertiary alicyclic amines) is 1. The largest absolute Gasteiger partial charge is 0.378 e. The number of nitrogens with zero attached hydrogens (tertiary/aromatic N) is 5. The van der Waals surface area contributed by atoms with Crippen LogP contribution in [0.2, 0.25) is 0 Å². The van der Waals surface area contributed by atoms with Gasteiger partial charge in [0.25, 0.3) is 0 Å². The summed E-state index contributed by atoms with van der Waals surface area (Å²) in [4.78, 5) is 22.7. The molecule has 3 aromatic heterocycles. The summed E-state index contributed by atoms with van der Waals surface area (Å²) in [5, 5.41) is 8.01. The molecule has 0 spiro atoms. The van der Waals surface area contributed by atoms with Crippen molar-refractivity contribution in [3.8, 4) is 5.82 Å². The third-order valence-electron chi connectivity index (χ3n) is 7.40. The first kappa shape index (κ1) is 24.3. The van der Waals surface area contributed by atoms with Crippen LogP contribution in [0.3, 0.4) is 0 Å². The number of allylic oxidation sites excluding steroid dienone is 4. The maximum Gasteiger partial charge on any atom is 0.217 e. The van der Waals surface area contributed by atoms with Crippen LogP contribution in [-0.4, -0.2) is 71.0 Å². The average molecular weight is 519 g/mol. The molecule has 8 nitrogen and oxygen atoms in total. The molecule has 1 aliphatic carbocycles. The van der Waals surface area contributed by atoms with Crippen LogP contribution >= 0.6 is 11.3 Å². The van der Waals surface area contributed by atoms with Gasteiger partial charge in [0.15, 0.2) is 5.82 Å². The van der Waals surface area contributed by atoms with Crippen molar-refractivity contribution in [2.75, 3.05) is 44.3 Å². The van der Waals surface area contributed by atoms with Crippen LogP contribution in [0.25, 0.3) is 16.0 Å². The molecule has 9 heteroatoms. The number of anilines is 1. The van der Waals surface area contributed by atoms with E-state index in [1.807, 2.05) is 22.2 Å². The van der Waals surface area contributed by atoms with Crippen molar-refractivity contribution in [1.29, 1.82) is 0 Å².